The lowest BCUT2D eigenvalue weighted by Crippen LogP contribution is -2.41. The predicted octanol–water partition coefficient (Wildman–Crippen LogP) is 3.32. The molecule has 0 aromatic heterocycles. The van der Waals surface area contributed by atoms with Gasteiger partial charge in [-0.25, -0.2) is 0 Å². The molecule has 0 aliphatic carbocycles. The number of hydrogen-bond donors (Lipinski definition) is 2. The van der Waals surface area contributed by atoms with Crippen LogP contribution in [0, 0.1) is 0 Å². The number of guanidine groups is 1. The normalized spacial score (nSPS) is 12.8. The van der Waals surface area contributed by atoms with Gasteiger partial charge >= 0.3 is 0 Å². The van der Waals surface area contributed by atoms with E-state index in [2.05, 4.69) is 46.8 Å². The molecule has 2 aromatic carbocycles. The first kappa shape index (κ1) is 20.1. The van der Waals surface area contributed by atoms with E-state index in [4.69, 9.17) is 16.3 Å². The molecule has 0 aliphatic heterocycles. The summed E-state index contributed by atoms with van der Waals surface area (Å²) in [6.07, 6.45) is 0. The van der Waals surface area contributed by atoms with E-state index in [0.717, 1.165) is 28.8 Å². The second kappa shape index (κ2) is 10.0. The monoisotopic (exact) mass is 374 g/mol. The zero-order chi connectivity index (χ0) is 18.9. The van der Waals surface area contributed by atoms with Crippen LogP contribution in [0.5, 0.6) is 5.75 Å². The average Bonchev–Trinajstić information content (AvgIpc) is 2.65. The highest BCUT2D eigenvalue weighted by atomic mass is 35.5. The van der Waals surface area contributed by atoms with E-state index in [1.54, 1.807) is 14.2 Å². The van der Waals surface area contributed by atoms with Crippen LogP contribution in [0.4, 0.5) is 0 Å². The van der Waals surface area contributed by atoms with Gasteiger partial charge in [-0.1, -0.05) is 41.9 Å². The number of methoxy groups -OCH3 is 1. The Morgan fingerprint density at radius 1 is 1.12 bits per heavy atom. The van der Waals surface area contributed by atoms with Gasteiger partial charge in [0.25, 0.3) is 0 Å². The van der Waals surface area contributed by atoms with Crippen molar-refractivity contribution in [1.82, 2.24) is 15.5 Å². The van der Waals surface area contributed by atoms with Crippen LogP contribution in [0.15, 0.2) is 53.5 Å². The summed E-state index contributed by atoms with van der Waals surface area (Å²) in [6, 6.07) is 16.1. The van der Waals surface area contributed by atoms with Gasteiger partial charge in [-0.2, -0.15) is 0 Å². The standard InChI is InChI=1S/C20H27ClN4O/c1-22-20(23-13-16-7-5-6-8-18(16)21)24-14-19(25(2)3)15-9-11-17(26-4)12-10-15/h5-12,19H,13-14H2,1-4H3,(H2,22,23,24). The maximum atomic E-state index is 6.21. The van der Waals surface area contributed by atoms with Gasteiger partial charge in [0.1, 0.15) is 5.75 Å². The van der Waals surface area contributed by atoms with Crippen molar-refractivity contribution in [3.8, 4) is 5.75 Å². The van der Waals surface area contributed by atoms with Crippen molar-refractivity contribution < 1.29 is 4.74 Å². The number of aliphatic imine (C=N–C) groups is 1. The third-order valence-electron chi connectivity index (χ3n) is 4.21. The largest absolute Gasteiger partial charge is 0.497 e. The highest BCUT2D eigenvalue weighted by Gasteiger charge is 2.15. The number of nitrogens with one attached hydrogen (secondary N) is 2. The molecule has 6 heteroatoms. The van der Waals surface area contributed by atoms with Gasteiger partial charge in [-0.3, -0.25) is 4.99 Å². The van der Waals surface area contributed by atoms with Gasteiger partial charge in [-0.05, 0) is 43.4 Å². The number of ether oxygens (including phenoxy) is 1. The molecular formula is C20H27ClN4O. The molecule has 0 saturated carbocycles. The van der Waals surface area contributed by atoms with Gasteiger partial charge in [0.2, 0.25) is 0 Å². The quantitative estimate of drug-likeness (QED) is 0.576. The second-order valence-electron chi connectivity index (χ2n) is 6.15. The maximum Gasteiger partial charge on any atom is 0.191 e. The smallest absolute Gasteiger partial charge is 0.191 e. The molecule has 0 bridgehead atoms. The summed E-state index contributed by atoms with van der Waals surface area (Å²) in [7, 11) is 7.57. The zero-order valence-electron chi connectivity index (χ0n) is 15.8. The Hall–Kier alpha value is -2.24. The first-order chi connectivity index (χ1) is 12.5. The minimum Gasteiger partial charge on any atom is -0.497 e. The molecule has 0 aliphatic rings. The number of hydrogen-bond acceptors (Lipinski definition) is 3. The lowest BCUT2D eigenvalue weighted by Gasteiger charge is -2.26. The third-order valence-corrected chi connectivity index (χ3v) is 4.58. The van der Waals surface area contributed by atoms with Crippen molar-refractivity contribution in [3.63, 3.8) is 0 Å². The van der Waals surface area contributed by atoms with Gasteiger partial charge in [0.05, 0.1) is 13.2 Å². The fraction of sp³-hybridized carbons (Fsp3) is 0.350. The molecule has 26 heavy (non-hydrogen) atoms. The van der Waals surface area contributed by atoms with Crippen LogP contribution in [-0.4, -0.2) is 45.7 Å². The van der Waals surface area contributed by atoms with Crippen molar-refractivity contribution in [2.24, 2.45) is 4.99 Å². The number of halogens is 1. The Morgan fingerprint density at radius 2 is 1.81 bits per heavy atom. The highest BCUT2D eigenvalue weighted by Crippen LogP contribution is 2.20. The second-order valence-corrected chi connectivity index (χ2v) is 6.56. The summed E-state index contributed by atoms with van der Waals surface area (Å²) >= 11 is 6.21. The molecule has 140 valence electrons. The van der Waals surface area contributed by atoms with Crippen molar-refractivity contribution in [2.45, 2.75) is 12.6 Å². The molecule has 1 unspecified atom stereocenters. The molecule has 1 atom stereocenters. The first-order valence-electron chi connectivity index (χ1n) is 8.53. The summed E-state index contributed by atoms with van der Waals surface area (Å²) < 4.78 is 5.24. The molecule has 2 N–H and O–H groups in total. The van der Waals surface area contributed by atoms with Crippen LogP contribution in [0.3, 0.4) is 0 Å². The SMILES string of the molecule is CN=C(NCc1ccccc1Cl)NCC(c1ccc(OC)cc1)N(C)C. The van der Waals surface area contributed by atoms with Crippen molar-refractivity contribution in [2.75, 3.05) is 34.8 Å². The Morgan fingerprint density at radius 3 is 2.38 bits per heavy atom. The Kier molecular flexibility index (Phi) is 7.75. The summed E-state index contributed by atoms with van der Waals surface area (Å²) in [4.78, 5) is 6.47. The predicted molar refractivity (Wildman–Crippen MR) is 109 cm³/mol. The topological polar surface area (TPSA) is 48.9 Å². The van der Waals surface area contributed by atoms with Crippen molar-refractivity contribution in [3.05, 3.63) is 64.7 Å². The first-order valence-corrected chi connectivity index (χ1v) is 8.91. The van der Waals surface area contributed by atoms with Crippen LogP contribution in [-0.2, 0) is 6.54 Å². The number of rotatable bonds is 7. The zero-order valence-corrected chi connectivity index (χ0v) is 16.5. The van der Waals surface area contributed by atoms with E-state index in [1.807, 2.05) is 36.4 Å². The van der Waals surface area contributed by atoms with Crippen molar-refractivity contribution >= 4 is 17.6 Å². The van der Waals surface area contributed by atoms with Crippen LogP contribution >= 0.6 is 11.6 Å². The fourth-order valence-electron chi connectivity index (χ4n) is 2.66. The number of nitrogens with zero attached hydrogens (tertiary/aromatic N) is 2. The average molecular weight is 375 g/mol. The molecular weight excluding hydrogens is 348 g/mol. The Balaban J connectivity index is 1.96. The van der Waals surface area contributed by atoms with Crippen LogP contribution < -0.4 is 15.4 Å². The Labute approximate surface area is 161 Å². The molecule has 2 aromatic rings. The molecule has 0 fully saturated rings. The highest BCUT2D eigenvalue weighted by molar-refractivity contribution is 6.31. The molecule has 0 amide bonds. The summed E-state index contributed by atoms with van der Waals surface area (Å²) in [5, 5.41) is 7.45. The number of benzene rings is 2. The molecule has 0 heterocycles. The lowest BCUT2D eigenvalue weighted by atomic mass is 10.1. The lowest BCUT2D eigenvalue weighted by molar-refractivity contribution is 0.298. The van der Waals surface area contributed by atoms with E-state index >= 15 is 0 Å². The molecule has 5 nitrogen and oxygen atoms in total. The summed E-state index contributed by atoms with van der Waals surface area (Å²) in [6.45, 7) is 1.34. The van der Waals surface area contributed by atoms with Gasteiger partial charge in [-0.15, -0.1) is 0 Å². The summed E-state index contributed by atoms with van der Waals surface area (Å²) in [5.41, 5.74) is 2.25. The van der Waals surface area contributed by atoms with E-state index in [9.17, 15) is 0 Å². The molecule has 0 spiro atoms. The molecule has 0 saturated heterocycles. The molecule has 2 rings (SSSR count). The Bertz CT molecular complexity index is 716. The maximum absolute atomic E-state index is 6.21. The minimum atomic E-state index is 0.208. The fourth-order valence-corrected chi connectivity index (χ4v) is 2.86. The van der Waals surface area contributed by atoms with E-state index in [0.29, 0.717) is 6.54 Å². The summed E-state index contributed by atoms with van der Waals surface area (Å²) in [5.74, 6) is 1.60. The van der Waals surface area contributed by atoms with Crippen LogP contribution in [0.1, 0.15) is 17.2 Å². The third kappa shape index (κ3) is 5.64. The van der Waals surface area contributed by atoms with E-state index in [-0.39, 0.29) is 6.04 Å². The van der Waals surface area contributed by atoms with Gasteiger partial charge in [0, 0.05) is 25.2 Å². The van der Waals surface area contributed by atoms with Crippen LogP contribution in [0.2, 0.25) is 5.02 Å². The van der Waals surface area contributed by atoms with E-state index < -0.39 is 0 Å². The van der Waals surface area contributed by atoms with Crippen molar-refractivity contribution in [1.29, 1.82) is 0 Å². The van der Waals surface area contributed by atoms with Gasteiger partial charge in [0.15, 0.2) is 5.96 Å². The molecule has 0 radical (unpaired) electrons. The van der Waals surface area contributed by atoms with E-state index in [1.165, 1.54) is 5.56 Å². The minimum absolute atomic E-state index is 0.208. The van der Waals surface area contributed by atoms with Crippen LogP contribution in [0.25, 0.3) is 0 Å². The van der Waals surface area contributed by atoms with Gasteiger partial charge < -0.3 is 20.3 Å². The number of likely N-dealkylation sites (N-methyl/N-ethyl adjacent to an activating group) is 1.